The van der Waals surface area contributed by atoms with Gasteiger partial charge in [0.15, 0.2) is 0 Å². The second kappa shape index (κ2) is 6.57. The van der Waals surface area contributed by atoms with Gasteiger partial charge in [0.05, 0.1) is 26.2 Å². The molecular weight excluding hydrogens is 280 g/mol. The molecule has 2 aliphatic rings. The lowest BCUT2D eigenvalue weighted by molar-refractivity contribution is -0.135. The number of nitrogens with one attached hydrogen (secondary N) is 1. The van der Waals surface area contributed by atoms with E-state index in [2.05, 4.69) is 5.32 Å². The van der Waals surface area contributed by atoms with E-state index < -0.39 is 0 Å². The zero-order chi connectivity index (χ0) is 15.5. The zero-order valence-corrected chi connectivity index (χ0v) is 13.3. The lowest BCUT2D eigenvalue weighted by Gasteiger charge is -2.28. The summed E-state index contributed by atoms with van der Waals surface area (Å²) < 4.78 is 10.8. The fraction of sp³-hybridized carbons (Fsp3) is 0.588. The number of benzene rings is 1. The zero-order valence-electron chi connectivity index (χ0n) is 13.3. The fourth-order valence-corrected chi connectivity index (χ4v) is 3.55. The van der Waals surface area contributed by atoms with Crippen molar-refractivity contribution >= 4 is 5.91 Å². The summed E-state index contributed by atoms with van der Waals surface area (Å²) >= 11 is 0. The van der Waals surface area contributed by atoms with Gasteiger partial charge in [-0.3, -0.25) is 4.79 Å². The van der Waals surface area contributed by atoms with Crippen molar-refractivity contribution < 1.29 is 14.3 Å². The van der Waals surface area contributed by atoms with Crippen LogP contribution in [0, 0.1) is 5.92 Å². The van der Waals surface area contributed by atoms with E-state index in [-0.39, 0.29) is 17.9 Å². The average molecular weight is 304 g/mol. The first-order chi connectivity index (χ1) is 10.7. The highest BCUT2D eigenvalue weighted by Crippen LogP contribution is 2.39. The molecule has 1 aromatic carbocycles. The molecule has 0 radical (unpaired) electrons. The van der Waals surface area contributed by atoms with Gasteiger partial charge in [0.25, 0.3) is 0 Å². The third kappa shape index (κ3) is 2.77. The lowest BCUT2D eigenvalue weighted by atomic mass is 10.0. The minimum atomic E-state index is 0.119. The van der Waals surface area contributed by atoms with Gasteiger partial charge in [-0.1, -0.05) is 0 Å². The van der Waals surface area contributed by atoms with Crippen LogP contribution in [-0.4, -0.2) is 44.7 Å². The number of likely N-dealkylation sites (tertiary alicyclic amines) is 1. The van der Waals surface area contributed by atoms with Crippen LogP contribution < -0.4 is 14.8 Å². The smallest absolute Gasteiger partial charge is 0.227 e. The molecule has 0 aromatic heterocycles. The maximum atomic E-state index is 12.8. The van der Waals surface area contributed by atoms with Crippen LogP contribution in [0.15, 0.2) is 18.2 Å². The van der Waals surface area contributed by atoms with Gasteiger partial charge in [-0.25, -0.2) is 0 Å². The fourth-order valence-electron chi connectivity index (χ4n) is 3.55. The minimum absolute atomic E-state index is 0.119. The van der Waals surface area contributed by atoms with Crippen LogP contribution in [-0.2, 0) is 4.79 Å². The maximum absolute atomic E-state index is 12.8. The molecule has 2 unspecified atom stereocenters. The van der Waals surface area contributed by atoms with Crippen molar-refractivity contribution in [1.82, 2.24) is 10.2 Å². The number of hydrogen-bond acceptors (Lipinski definition) is 4. The van der Waals surface area contributed by atoms with Crippen molar-refractivity contribution in [2.75, 3.05) is 33.9 Å². The van der Waals surface area contributed by atoms with E-state index in [1.165, 1.54) is 0 Å². The van der Waals surface area contributed by atoms with Crippen LogP contribution in [0.25, 0.3) is 0 Å². The third-order valence-corrected chi connectivity index (χ3v) is 4.75. The first-order valence-corrected chi connectivity index (χ1v) is 7.97. The van der Waals surface area contributed by atoms with Crippen LogP contribution in [0.2, 0.25) is 0 Å². The van der Waals surface area contributed by atoms with Gasteiger partial charge in [0.1, 0.15) is 11.5 Å². The van der Waals surface area contributed by atoms with E-state index in [0.29, 0.717) is 0 Å². The number of amides is 1. The van der Waals surface area contributed by atoms with Gasteiger partial charge in [-0.2, -0.15) is 0 Å². The second-order valence-corrected chi connectivity index (χ2v) is 5.99. The van der Waals surface area contributed by atoms with Crippen molar-refractivity contribution in [3.8, 4) is 11.5 Å². The monoisotopic (exact) mass is 304 g/mol. The number of nitrogens with zero attached hydrogens (tertiary/aromatic N) is 1. The van der Waals surface area contributed by atoms with Gasteiger partial charge >= 0.3 is 0 Å². The molecule has 5 nitrogen and oxygen atoms in total. The minimum Gasteiger partial charge on any atom is -0.497 e. The van der Waals surface area contributed by atoms with Crippen molar-refractivity contribution in [2.45, 2.75) is 25.3 Å². The summed E-state index contributed by atoms with van der Waals surface area (Å²) in [6.45, 7) is 2.59. The Bertz CT molecular complexity index is 541. The Kier molecular flexibility index (Phi) is 4.52. The molecule has 0 spiro atoms. The van der Waals surface area contributed by atoms with E-state index in [4.69, 9.17) is 9.47 Å². The van der Waals surface area contributed by atoms with E-state index >= 15 is 0 Å². The van der Waals surface area contributed by atoms with Crippen LogP contribution in [0.3, 0.4) is 0 Å². The van der Waals surface area contributed by atoms with Crippen LogP contribution >= 0.6 is 0 Å². The van der Waals surface area contributed by atoms with Gasteiger partial charge in [0.2, 0.25) is 5.91 Å². The standard InChI is InChI=1S/C17H24N2O3/c1-21-13-5-6-14(16(10-13)22-2)15-4-3-9-19(15)17(20)12-7-8-18-11-12/h5-6,10,12,15,18H,3-4,7-9,11H2,1-2H3. The molecule has 2 aliphatic heterocycles. The number of ether oxygens (including phenoxy) is 2. The maximum Gasteiger partial charge on any atom is 0.227 e. The Hall–Kier alpha value is -1.75. The molecule has 0 aliphatic carbocycles. The van der Waals surface area contributed by atoms with Crippen molar-refractivity contribution in [1.29, 1.82) is 0 Å². The van der Waals surface area contributed by atoms with Gasteiger partial charge in [-0.15, -0.1) is 0 Å². The lowest BCUT2D eigenvalue weighted by Crippen LogP contribution is -2.36. The van der Waals surface area contributed by atoms with Gasteiger partial charge in [-0.05, 0) is 37.9 Å². The molecule has 120 valence electrons. The molecular formula is C17H24N2O3. The SMILES string of the molecule is COc1ccc(C2CCCN2C(=O)C2CCNC2)c(OC)c1. The van der Waals surface area contributed by atoms with Crippen molar-refractivity contribution in [3.05, 3.63) is 23.8 Å². The topological polar surface area (TPSA) is 50.8 Å². The third-order valence-electron chi connectivity index (χ3n) is 4.75. The first-order valence-electron chi connectivity index (χ1n) is 7.97. The summed E-state index contributed by atoms with van der Waals surface area (Å²) in [5.74, 6) is 1.99. The van der Waals surface area contributed by atoms with Crippen molar-refractivity contribution in [2.24, 2.45) is 5.92 Å². The number of carbonyl (C=O) groups is 1. The second-order valence-electron chi connectivity index (χ2n) is 5.99. The predicted octanol–water partition coefficient (Wildman–Crippen LogP) is 1.98. The highest BCUT2D eigenvalue weighted by Gasteiger charge is 2.36. The molecule has 2 fully saturated rings. The molecule has 2 atom stereocenters. The number of carbonyl (C=O) groups excluding carboxylic acids is 1. The first kappa shape index (κ1) is 15.2. The van der Waals surface area contributed by atoms with E-state index in [9.17, 15) is 4.79 Å². The number of rotatable bonds is 4. The molecule has 0 bridgehead atoms. The molecule has 0 saturated carbocycles. The predicted molar refractivity (Wildman–Crippen MR) is 84.2 cm³/mol. The van der Waals surface area contributed by atoms with Gasteiger partial charge in [0, 0.05) is 24.7 Å². The van der Waals surface area contributed by atoms with Crippen LogP contribution in [0.1, 0.15) is 30.9 Å². The average Bonchev–Trinajstić information content (AvgIpc) is 3.24. The largest absolute Gasteiger partial charge is 0.497 e. The quantitative estimate of drug-likeness (QED) is 0.924. The van der Waals surface area contributed by atoms with E-state index in [1.54, 1.807) is 14.2 Å². The summed E-state index contributed by atoms with van der Waals surface area (Å²) in [7, 11) is 3.31. The summed E-state index contributed by atoms with van der Waals surface area (Å²) in [5.41, 5.74) is 1.08. The Morgan fingerprint density at radius 1 is 1.27 bits per heavy atom. The molecule has 1 amide bonds. The Balaban J connectivity index is 1.84. The molecule has 22 heavy (non-hydrogen) atoms. The van der Waals surface area contributed by atoms with E-state index in [1.807, 2.05) is 23.1 Å². The molecule has 3 rings (SSSR count). The molecule has 1 N–H and O–H groups in total. The molecule has 2 heterocycles. The number of hydrogen-bond donors (Lipinski definition) is 1. The van der Waals surface area contributed by atoms with E-state index in [0.717, 1.165) is 56.0 Å². The van der Waals surface area contributed by atoms with Crippen LogP contribution in [0.4, 0.5) is 0 Å². The molecule has 2 saturated heterocycles. The molecule has 5 heteroatoms. The summed E-state index contributed by atoms with van der Waals surface area (Å²) in [6.07, 6.45) is 2.99. The Morgan fingerprint density at radius 3 is 2.82 bits per heavy atom. The van der Waals surface area contributed by atoms with Crippen LogP contribution in [0.5, 0.6) is 11.5 Å². The summed E-state index contributed by atoms with van der Waals surface area (Å²) in [4.78, 5) is 14.8. The van der Waals surface area contributed by atoms with Crippen molar-refractivity contribution in [3.63, 3.8) is 0 Å². The Labute approximate surface area is 131 Å². The Morgan fingerprint density at radius 2 is 2.14 bits per heavy atom. The normalized spacial score (nSPS) is 24.5. The highest BCUT2D eigenvalue weighted by molar-refractivity contribution is 5.80. The summed E-state index contributed by atoms with van der Waals surface area (Å²) in [6, 6.07) is 5.98. The molecule has 1 aromatic rings. The number of methoxy groups -OCH3 is 2. The summed E-state index contributed by atoms with van der Waals surface area (Å²) in [5, 5.41) is 3.28. The highest BCUT2D eigenvalue weighted by atomic mass is 16.5. The van der Waals surface area contributed by atoms with Gasteiger partial charge < -0.3 is 19.7 Å².